The SMILES string of the molecule is Cc1c([Si](C)(C)C)ccc2[c]1[Ge]([CH3])([CH3])[c]1c-2ccnc1-c1cc(C(C)(C)C)c2ccccc2c1. The third-order valence-electron chi connectivity index (χ3n) is 7.71. The third-order valence-corrected chi connectivity index (χ3v) is 17.5. The minimum atomic E-state index is -2.58. The molecular formula is C31H37GeNSi. The Labute approximate surface area is 209 Å². The van der Waals surface area contributed by atoms with Crippen molar-refractivity contribution in [3.05, 3.63) is 71.9 Å². The molecule has 4 aromatic rings. The van der Waals surface area contributed by atoms with Crippen molar-refractivity contribution < 1.29 is 0 Å². The van der Waals surface area contributed by atoms with E-state index in [1.165, 1.54) is 38.7 Å². The van der Waals surface area contributed by atoms with E-state index >= 15 is 0 Å². The van der Waals surface area contributed by atoms with Crippen molar-refractivity contribution >= 4 is 46.1 Å². The second kappa shape index (κ2) is 7.66. The Morgan fingerprint density at radius 3 is 2.18 bits per heavy atom. The monoisotopic (exact) mass is 525 g/mol. The quantitative estimate of drug-likeness (QED) is 0.261. The molecule has 5 rings (SSSR count). The summed E-state index contributed by atoms with van der Waals surface area (Å²) >= 11 is -2.58. The molecule has 34 heavy (non-hydrogen) atoms. The van der Waals surface area contributed by atoms with Crippen LogP contribution in [0.15, 0.2) is 60.8 Å². The van der Waals surface area contributed by atoms with Gasteiger partial charge in [-0.2, -0.15) is 0 Å². The first kappa shape index (κ1) is 23.6. The average molecular weight is 524 g/mol. The topological polar surface area (TPSA) is 12.9 Å². The molecule has 1 nitrogen and oxygen atoms in total. The van der Waals surface area contributed by atoms with Gasteiger partial charge in [-0.1, -0.05) is 0 Å². The Hall–Kier alpha value is -2.17. The minimum absolute atomic E-state index is 0.0658. The van der Waals surface area contributed by atoms with Crippen LogP contribution < -0.4 is 14.0 Å². The van der Waals surface area contributed by atoms with Crippen molar-refractivity contribution in [2.45, 2.75) is 64.3 Å². The first-order valence-electron chi connectivity index (χ1n) is 12.5. The van der Waals surface area contributed by atoms with E-state index in [-0.39, 0.29) is 5.41 Å². The molecule has 0 amide bonds. The van der Waals surface area contributed by atoms with Gasteiger partial charge in [0.05, 0.1) is 0 Å². The van der Waals surface area contributed by atoms with Gasteiger partial charge >= 0.3 is 210 Å². The zero-order valence-electron chi connectivity index (χ0n) is 22.2. The Morgan fingerprint density at radius 2 is 1.50 bits per heavy atom. The van der Waals surface area contributed by atoms with E-state index in [1.54, 1.807) is 19.5 Å². The van der Waals surface area contributed by atoms with Gasteiger partial charge < -0.3 is 0 Å². The van der Waals surface area contributed by atoms with E-state index in [9.17, 15) is 0 Å². The second-order valence-electron chi connectivity index (χ2n) is 12.6. The number of rotatable bonds is 2. The Kier molecular flexibility index (Phi) is 5.31. The fourth-order valence-electron chi connectivity index (χ4n) is 6.28. The zero-order chi connectivity index (χ0) is 24.6. The van der Waals surface area contributed by atoms with E-state index in [2.05, 4.69) is 113 Å². The van der Waals surface area contributed by atoms with E-state index in [1.807, 2.05) is 6.20 Å². The summed E-state index contributed by atoms with van der Waals surface area (Å²) in [6.45, 7) is 16.8. The van der Waals surface area contributed by atoms with Crippen LogP contribution in [0.25, 0.3) is 33.2 Å². The van der Waals surface area contributed by atoms with Gasteiger partial charge in [0.15, 0.2) is 0 Å². The summed E-state index contributed by atoms with van der Waals surface area (Å²) in [5.74, 6) is 5.17. The molecule has 0 unspecified atom stereocenters. The number of pyridine rings is 1. The van der Waals surface area contributed by atoms with Crippen LogP contribution in [0.4, 0.5) is 0 Å². The van der Waals surface area contributed by atoms with Crippen molar-refractivity contribution in [3.8, 4) is 22.4 Å². The van der Waals surface area contributed by atoms with Crippen LogP contribution in [0.2, 0.25) is 31.2 Å². The molecule has 0 atom stereocenters. The fourth-order valence-corrected chi connectivity index (χ4v) is 16.6. The number of benzene rings is 3. The first-order chi connectivity index (χ1) is 15.8. The maximum atomic E-state index is 5.09. The van der Waals surface area contributed by atoms with Crippen LogP contribution in [0.3, 0.4) is 0 Å². The Balaban J connectivity index is 1.81. The van der Waals surface area contributed by atoms with E-state index < -0.39 is 21.3 Å². The van der Waals surface area contributed by atoms with E-state index in [0.717, 1.165) is 0 Å². The molecule has 0 radical (unpaired) electrons. The van der Waals surface area contributed by atoms with E-state index in [4.69, 9.17) is 4.98 Å². The van der Waals surface area contributed by atoms with E-state index in [0.29, 0.717) is 0 Å². The predicted octanol–water partition coefficient (Wildman–Crippen LogP) is 6.86. The number of fused-ring (bicyclic) bond motifs is 4. The number of hydrogen-bond acceptors (Lipinski definition) is 1. The molecule has 3 heteroatoms. The standard InChI is InChI=1S/C31H37GeNSi/c1-20-27(34(7,8)9)15-14-24-25-16-17-33-30(29(25)32(5,6)28(20)24)22-18-21-12-10-11-13-23(21)26(19-22)31(2,3)4/h10-19H,1-9H3. The van der Waals surface area contributed by atoms with Crippen LogP contribution in [0, 0.1) is 6.92 Å². The fraction of sp³-hybridized carbons (Fsp3) is 0.323. The molecule has 0 saturated carbocycles. The predicted molar refractivity (Wildman–Crippen MR) is 156 cm³/mol. The maximum absolute atomic E-state index is 5.09. The molecule has 1 aliphatic heterocycles. The van der Waals surface area contributed by atoms with Gasteiger partial charge in [0.25, 0.3) is 0 Å². The Bertz CT molecular complexity index is 1450. The zero-order valence-corrected chi connectivity index (χ0v) is 25.3. The van der Waals surface area contributed by atoms with Crippen LogP contribution in [-0.4, -0.2) is 26.3 Å². The summed E-state index contributed by atoms with van der Waals surface area (Å²) in [5.41, 5.74) is 8.42. The summed E-state index contributed by atoms with van der Waals surface area (Å²) < 4.78 is 3.24. The summed E-state index contributed by atoms with van der Waals surface area (Å²) in [6.07, 6.45) is 2.04. The summed E-state index contributed by atoms with van der Waals surface area (Å²) in [4.78, 5) is 5.09. The Morgan fingerprint density at radius 1 is 0.824 bits per heavy atom. The molecule has 0 fully saturated rings. The number of hydrogen-bond donors (Lipinski definition) is 0. The third kappa shape index (κ3) is 3.53. The van der Waals surface area contributed by atoms with Gasteiger partial charge in [-0.25, -0.2) is 0 Å². The van der Waals surface area contributed by atoms with Crippen molar-refractivity contribution in [3.63, 3.8) is 0 Å². The molecule has 3 aromatic carbocycles. The molecule has 174 valence electrons. The second-order valence-corrected chi connectivity index (χ2v) is 26.6. The van der Waals surface area contributed by atoms with Gasteiger partial charge in [-0.05, 0) is 0 Å². The van der Waals surface area contributed by atoms with Crippen LogP contribution in [0.5, 0.6) is 0 Å². The normalized spacial score (nSPS) is 14.9. The van der Waals surface area contributed by atoms with Crippen LogP contribution in [0.1, 0.15) is 31.9 Å². The van der Waals surface area contributed by atoms with Crippen molar-refractivity contribution in [2.24, 2.45) is 0 Å². The molecular weight excluding hydrogens is 487 g/mol. The molecule has 0 aliphatic carbocycles. The van der Waals surface area contributed by atoms with Crippen molar-refractivity contribution in [2.75, 3.05) is 0 Å². The molecule has 0 N–H and O–H groups in total. The molecule has 0 spiro atoms. The summed E-state index contributed by atoms with van der Waals surface area (Å²) in [7, 11) is -1.41. The molecule has 1 aliphatic rings. The van der Waals surface area contributed by atoms with Crippen LogP contribution >= 0.6 is 0 Å². The number of aromatic nitrogens is 1. The molecule has 0 saturated heterocycles. The van der Waals surface area contributed by atoms with Crippen molar-refractivity contribution in [1.82, 2.24) is 4.98 Å². The van der Waals surface area contributed by atoms with Gasteiger partial charge in [0.1, 0.15) is 0 Å². The van der Waals surface area contributed by atoms with Gasteiger partial charge in [0.2, 0.25) is 0 Å². The molecule has 0 bridgehead atoms. The van der Waals surface area contributed by atoms with Gasteiger partial charge in [-0.15, -0.1) is 0 Å². The molecule has 2 heterocycles. The summed E-state index contributed by atoms with van der Waals surface area (Å²) in [6, 6.07) is 20.8. The van der Waals surface area contributed by atoms with Gasteiger partial charge in [-0.3, -0.25) is 0 Å². The van der Waals surface area contributed by atoms with Gasteiger partial charge in [0, 0.05) is 0 Å². The first-order valence-corrected chi connectivity index (χ1v) is 22.3. The average Bonchev–Trinajstić information content (AvgIpc) is 2.99. The number of nitrogens with zero attached hydrogens (tertiary/aromatic N) is 1. The summed E-state index contributed by atoms with van der Waals surface area (Å²) in [5, 5.41) is 4.28. The van der Waals surface area contributed by atoms with Crippen molar-refractivity contribution in [1.29, 1.82) is 0 Å². The molecule has 1 aromatic heterocycles. The van der Waals surface area contributed by atoms with Crippen LogP contribution in [-0.2, 0) is 5.41 Å².